The van der Waals surface area contributed by atoms with Crippen LogP contribution in [0.3, 0.4) is 0 Å². The number of aryl methyl sites for hydroxylation is 1. The molecule has 0 radical (unpaired) electrons. The Balaban J connectivity index is 2.12. The highest BCUT2D eigenvalue weighted by atomic mass is 79.9. The number of nitrogen functional groups attached to an aromatic ring is 1. The van der Waals surface area contributed by atoms with Crippen molar-refractivity contribution in [1.82, 2.24) is 9.38 Å². The maximum Gasteiger partial charge on any atom is 0.153 e. The van der Waals surface area contributed by atoms with E-state index in [4.69, 9.17) is 15.1 Å². The van der Waals surface area contributed by atoms with Crippen molar-refractivity contribution in [3.8, 4) is 11.3 Å². The molecule has 21 heavy (non-hydrogen) atoms. The molecule has 104 valence electrons. The number of anilines is 1. The normalized spacial score (nSPS) is 11.5. The minimum absolute atomic E-state index is 0.612. The summed E-state index contributed by atoms with van der Waals surface area (Å²) in [5, 5.41) is 1.03. The van der Waals surface area contributed by atoms with Gasteiger partial charge in [-0.2, -0.15) is 0 Å². The van der Waals surface area contributed by atoms with Gasteiger partial charge >= 0.3 is 0 Å². The van der Waals surface area contributed by atoms with Crippen LogP contribution in [0.25, 0.3) is 27.9 Å². The molecule has 0 bridgehead atoms. The van der Waals surface area contributed by atoms with Crippen LogP contribution in [0, 0.1) is 6.92 Å². The molecule has 0 spiro atoms. The molecule has 0 atom stereocenters. The smallest absolute Gasteiger partial charge is 0.153 e. The van der Waals surface area contributed by atoms with Gasteiger partial charge in [0.05, 0.1) is 10.0 Å². The number of rotatable bonds is 1. The molecule has 0 amide bonds. The fourth-order valence-electron chi connectivity index (χ4n) is 2.70. The van der Waals surface area contributed by atoms with Gasteiger partial charge in [0.15, 0.2) is 5.65 Å². The first-order valence-electron chi connectivity index (χ1n) is 6.57. The lowest BCUT2D eigenvalue weighted by Crippen LogP contribution is -1.94. The second-order valence-electron chi connectivity index (χ2n) is 4.92. The van der Waals surface area contributed by atoms with E-state index in [0.717, 1.165) is 38.1 Å². The number of nitrogens with zero attached hydrogens (tertiary/aromatic N) is 2. The van der Waals surface area contributed by atoms with Crippen molar-refractivity contribution < 1.29 is 4.42 Å². The summed E-state index contributed by atoms with van der Waals surface area (Å²) in [4.78, 5) is 4.70. The second-order valence-corrected chi connectivity index (χ2v) is 5.78. The molecular formula is C16H12BrN3O. The van der Waals surface area contributed by atoms with Gasteiger partial charge in [-0.15, -0.1) is 0 Å². The fraction of sp³-hybridized carbons (Fsp3) is 0.0625. The molecular weight excluding hydrogens is 330 g/mol. The van der Waals surface area contributed by atoms with E-state index in [2.05, 4.69) is 15.9 Å². The monoisotopic (exact) mass is 341 g/mol. The molecule has 5 heteroatoms. The van der Waals surface area contributed by atoms with Crippen molar-refractivity contribution in [2.75, 3.05) is 5.73 Å². The van der Waals surface area contributed by atoms with Crippen LogP contribution in [-0.4, -0.2) is 9.38 Å². The van der Waals surface area contributed by atoms with Crippen molar-refractivity contribution in [2.45, 2.75) is 6.92 Å². The number of pyridine rings is 1. The summed E-state index contributed by atoms with van der Waals surface area (Å²) in [7, 11) is 0. The molecule has 0 aliphatic rings. The number of halogens is 1. The minimum atomic E-state index is 0.612. The lowest BCUT2D eigenvalue weighted by molar-refractivity contribution is 0.580. The average molecular weight is 342 g/mol. The zero-order valence-electron chi connectivity index (χ0n) is 11.3. The van der Waals surface area contributed by atoms with Crippen LogP contribution in [0.5, 0.6) is 0 Å². The van der Waals surface area contributed by atoms with Gasteiger partial charge in [0.2, 0.25) is 0 Å². The number of furan rings is 1. The maximum absolute atomic E-state index is 6.30. The van der Waals surface area contributed by atoms with Gasteiger partial charge in [0.1, 0.15) is 22.9 Å². The Kier molecular flexibility index (Phi) is 2.59. The zero-order valence-corrected chi connectivity index (χ0v) is 12.9. The Morgan fingerprint density at radius 2 is 2.00 bits per heavy atom. The van der Waals surface area contributed by atoms with E-state index in [9.17, 15) is 0 Å². The molecule has 0 saturated carbocycles. The molecule has 3 aromatic heterocycles. The average Bonchev–Trinajstić information content (AvgIpc) is 2.97. The van der Waals surface area contributed by atoms with Gasteiger partial charge in [-0.25, -0.2) is 4.98 Å². The van der Waals surface area contributed by atoms with Crippen LogP contribution in [0.4, 0.5) is 5.82 Å². The van der Waals surface area contributed by atoms with Gasteiger partial charge in [-0.1, -0.05) is 18.2 Å². The summed E-state index contributed by atoms with van der Waals surface area (Å²) >= 11 is 3.51. The van der Waals surface area contributed by atoms with Crippen LogP contribution < -0.4 is 5.73 Å². The highest BCUT2D eigenvalue weighted by Gasteiger charge is 2.20. The third-order valence-corrected chi connectivity index (χ3v) is 4.27. The first-order valence-corrected chi connectivity index (χ1v) is 7.36. The summed E-state index contributed by atoms with van der Waals surface area (Å²) < 4.78 is 8.60. The number of benzene rings is 1. The van der Waals surface area contributed by atoms with Gasteiger partial charge < -0.3 is 10.2 Å². The highest BCUT2D eigenvalue weighted by Crippen LogP contribution is 2.37. The third-order valence-electron chi connectivity index (χ3n) is 3.65. The number of hydrogen-bond donors (Lipinski definition) is 1. The molecule has 0 fully saturated rings. The molecule has 1 aromatic carbocycles. The van der Waals surface area contributed by atoms with Crippen molar-refractivity contribution in [3.63, 3.8) is 0 Å². The van der Waals surface area contributed by atoms with E-state index in [1.807, 2.05) is 53.9 Å². The topological polar surface area (TPSA) is 56.5 Å². The number of para-hydroxylation sites is 1. The van der Waals surface area contributed by atoms with Gasteiger partial charge in [0, 0.05) is 11.6 Å². The molecule has 0 aliphatic carbocycles. The summed E-state index contributed by atoms with van der Waals surface area (Å²) in [6.07, 6.45) is 1.91. The van der Waals surface area contributed by atoms with Gasteiger partial charge in [-0.3, -0.25) is 4.40 Å². The quantitative estimate of drug-likeness (QED) is 0.558. The maximum atomic E-state index is 6.30. The van der Waals surface area contributed by atoms with Crippen molar-refractivity contribution in [2.24, 2.45) is 0 Å². The molecule has 0 aliphatic heterocycles. The molecule has 4 aromatic rings. The first kappa shape index (κ1) is 12.5. The Hall–Kier alpha value is -2.27. The predicted octanol–water partition coefficient (Wildman–Crippen LogP) is 4.40. The van der Waals surface area contributed by atoms with E-state index in [-0.39, 0.29) is 0 Å². The lowest BCUT2D eigenvalue weighted by atomic mass is 10.1. The highest BCUT2D eigenvalue weighted by molar-refractivity contribution is 9.10. The van der Waals surface area contributed by atoms with E-state index in [1.54, 1.807) is 0 Å². The Morgan fingerprint density at radius 1 is 1.19 bits per heavy atom. The second kappa shape index (κ2) is 4.36. The summed E-state index contributed by atoms with van der Waals surface area (Å²) in [6.45, 7) is 1.94. The van der Waals surface area contributed by atoms with E-state index in [0.29, 0.717) is 5.82 Å². The standard InChI is InChI=1S/C16H12BrN3O/c1-9-13(10-5-2-3-7-12(10)21-9)14-15(18)20-8-4-6-11(17)16(20)19-14/h2-8H,18H2,1H3. The Labute approximate surface area is 129 Å². The number of imidazole rings is 1. The summed E-state index contributed by atoms with van der Waals surface area (Å²) in [5.74, 6) is 1.43. The third kappa shape index (κ3) is 1.70. The molecule has 4 rings (SSSR count). The number of hydrogen-bond acceptors (Lipinski definition) is 3. The van der Waals surface area contributed by atoms with E-state index in [1.165, 1.54) is 0 Å². The van der Waals surface area contributed by atoms with Gasteiger partial charge in [0.25, 0.3) is 0 Å². The molecule has 0 saturated heterocycles. The van der Waals surface area contributed by atoms with Crippen LogP contribution in [0.1, 0.15) is 5.76 Å². The minimum Gasteiger partial charge on any atom is -0.461 e. The largest absolute Gasteiger partial charge is 0.461 e. The van der Waals surface area contributed by atoms with Crippen LogP contribution >= 0.6 is 15.9 Å². The number of nitrogens with two attached hydrogens (primary N) is 1. The molecule has 0 unspecified atom stereocenters. The van der Waals surface area contributed by atoms with Crippen molar-refractivity contribution in [1.29, 1.82) is 0 Å². The molecule has 2 N–H and O–H groups in total. The fourth-order valence-corrected chi connectivity index (χ4v) is 3.13. The number of fused-ring (bicyclic) bond motifs is 2. The van der Waals surface area contributed by atoms with Crippen molar-refractivity contribution >= 4 is 38.4 Å². The lowest BCUT2D eigenvalue weighted by Gasteiger charge is -1.98. The molecule has 3 heterocycles. The SMILES string of the molecule is Cc1oc2ccccc2c1-c1nc2c(Br)cccn2c1N. The van der Waals surface area contributed by atoms with Crippen LogP contribution in [-0.2, 0) is 0 Å². The zero-order chi connectivity index (χ0) is 14.6. The van der Waals surface area contributed by atoms with Gasteiger partial charge in [-0.05, 0) is 41.1 Å². The van der Waals surface area contributed by atoms with Crippen molar-refractivity contribution in [3.05, 3.63) is 52.8 Å². The molecule has 4 nitrogen and oxygen atoms in total. The Bertz CT molecular complexity index is 984. The number of aromatic nitrogens is 2. The van der Waals surface area contributed by atoms with Crippen LogP contribution in [0.2, 0.25) is 0 Å². The predicted molar refractivity (Wildman–Crippen MR) is 87.2 cm³/mol. The Morgan fingerprint density at radius 3 is 2.81 bits per heavy atom. The summed E-state index contributed by atoms with van der Waals surface area (Å²) in [6, 6.07) is 11.8. The summed E-state index contributed by atoms with van der Waals surface area (Å²) in [5.41, 5.74) is 9.66. The van der Waals surface area contributed by atoms with Crippen LogP contribution in [0.15, 0.2) is 51.5 Å². The van der Waals surface area contributed by atoms with E-state index < -0.39 is 0 Å². The first-order chi connectivity index (χ1) is 10.2. The van der Waals surface area contributed by atoms with E-state index >= 15 is 0 Å².